The van der Waals surface area contributed by atoms with Crippen molar-refractivity contribution in [3.05, 3.63) is 65.5 Å². The Morgan fingerprint density at radius 3 is 2.53 bits per heavy atom. The highest BCUT2D eigenvalue weighted by Gasteiger charge is 2.22. The molecule has 0 amide bonds. The molecule has 0 aliphatic carbocycles. The Morgan fingerprint density at radius 2 is 1.79 bits per heavy atom. The van der Waals surface area contributed by atoms with E-state index in [0.717, 1.165) is 16.8 Å². The van der Waals surface area contributed by atoms with Crippen LogP contribution in [0, 0.1) is 13.8 Å². The number of aromatic nitrogens is 3. The Morgan fingerprint density at radius 1 is 1.00 bits per heavy atom. The molecule has 2 aromatic heterocycles. The molecule has 0 saturated heterocycles. The summed E-state index contributed by atoms with van der Waals surface area (Å²) >= 11 is 1.34. The van der Waals surface area contributed by atoms with Crippen molar-refractivity contribution in [2.45, 2.75) is 43.6 Å². The van der Waals surface area contributed by atoms with Crippen molar-refractivity contribution in [1.82, 2.24) is 19.5 Å². The Kier molecular flexibility index (Phi) is 7.20. The minimum absolute atomic E-state index is 0.197. The SMILES string of the molecule is CCN(CC)S(=O)(=O)c1cccc(-c2nnc(SCc3coc(-c4ccc(C)cc4C)n3)o2)c1. The number of thioether (sulfide) groups is 1. The fourth-order valence-electron chi connectivity index (χ4n) is 3.57. The summed E-state index contributed by atoms with van der Waals surface area (Å²) < 4.78 is 38.5. The molecule has 0 atom stereocenters. The van der Waals surface area contributed by atoms with Crippen molar-refractivity contribution in [2.24, 2.45) is 0 Å². The number of hydrogen-bond acceptors (Lipinski definition) is 8. The minimum atomic E-state index is -3.58. The van der Waals surface area contributed by atoms with Gasteiger partial charge in [-0.25, -0.2) is 13.4 Å². The van der Waals surface area contributed by atoms with E-state index in [1.807, 2.05) is 39.8 Å². The van der Waals surface area contributed by atoms with Crippen LogP contribution in [0.4, 0.5) is 0 Å². The summed E-state index contributed by atoms with van der Waals surface area (Å²) in [5.74, 6) is 1.33. The number of sulfonamides is 1. The first kappa shape index (κ1) is 24.2. The van der Waals surface area contributed by atoms with Gasteiger partial charge in [0.25, 0.3) is 5.22 Å². The van der Waals surface area contributed by atoms with E-state index < -0.39 is 10.0 Å². The molecule has 0 spiro atoms. The smallest absolute Gasteiger partial charge is 0.277 e. The number of nitrogens with zero attached hydrogens (tertiary/aromatic N) is 4. The van der Waals surface area contributed by atoms with Gasteiger partial charge >= 0.3 is 0 Å². The molecular formula is C24H26N4O4S2. The van der Waals surface area contributed by atoms with Gasteiger partial charge in [-0.2, -0.15) is 4.31 Å². The second kappa shape index (κ2) is 10.1. The van der Waals surface area contributed by atoms with Crippen LogP contribution in [0.2, 0.25) is 0 Å². The number of benzene rings is 2. The summed E-state index contributed by atoms with van der Waals surface area (Å²) in [7, 11) is -3.58. The molecule has 10 heteroatoms. The monoisotopic (exact) mass is 498 g/mol. The molecule has 0 saturated carbocycles. The molecule has 8 nitrogen and oxygen atoms in total. The number of oxazole rings is 1. The number of hydrogen-bond donors (Lipinski definition) is 0. The van der Waals surface area contributed by atoms with Crippen LogP contribution in [0.25, 0.3) is 22.9 Å². The fourth-order valence-corrected chi connectivity index (χ4v) is 5.72. The average molecular weight is 499 g/mol. The molecule has 4 aromatic rings. The van der Waals surface area contributed by atoms with Crippen molar-refractivity contribution in [3.63, 3.8) is 0 Å². The third-order valence-corrected chi connectivity index (χ3v) is 8.24. The maximum absolute atomic E-state index is 12.8. The Hall–Kier alpha value is -2.95. The van der Waals surface area contributed by atoms with Crippen LogP contribution in [-0.2, 0) is 15.8 Å². The van der Waals surface area contributed by atoms with Crippen molar-refractivity contribution >= 4 is 21.8 Å². The van der Waals surface area contributed by atoms with Crippen LogP contribution in [0.1, 0.15) is 30.7 Å². The van der Waals surface area contributed by atoms with Gasteiger partial charge in [0.2, 0.25) is 21.8 Å². The summed E-state index contributed by atoms with van der Waals surface area (Å²) in [4.78, 5) is 4.77. The number of aryl methyl sites for hydroxylation is 2. The molecule has 4 rings (SSSR count). The summed E-state index contributed by atoms with van der Waals surface area (Å²) in [6, 6.07) is 12.7. The molecule has 0 fully saturated rings. The molecule has 2 aromatic carbocycles. The van der Waals surface area contributed by atoms with Gasteiger partial charge in [0.1, 0.15) is 6.26 Å². The summed E-state index contributed by atoms with van der Waals surface area (Å²) in [5, 5.41) is 8.54. The van der Waals surface area contributed by atoms with Crippen LogP contribution in [-0.4, -0.2) is 41.0 Å². The lowest BCUT2D eigenvalue weighted by atomic mass is 10.1. The lowest BCUT2D eigenvalue weighted by Gasteiger charge is -2.18. The van der Waals surface area contributed by atoms with E-state index in [9.17, 15) is 8.42 Å². The van der Waals surface area contributed by atoms with Crippen LogP contribution in [0.15, 0.2) is 67.7 Å². The first-order chi connectivity index (χ1) is 16.3. The highest BCUT2D eigenvalue weighted by molar-refractivity contribution is 7.98. The van der Waals surface area contributed by atoms with Crippen LogP contribution >= 0.6 is 11.8 Å². The highest BCUT2D eigenvalue weighted by Crippen LogP contribution is 2.29. The first-order valence-corrected chi connectivity index (χ1v) is 13.3. The topological polar surface area (TPSA) is 102 Å². The Bertz CT molecular complexity index is 1390. The quantitative estimate of drug-likeness (QED) is 0.285. The average Bonchev–Trinajstić information content (AvgIpc) is 3.48. The maximum atomic E-state index is 12.8. The van der Waals surface area contributed by atoms with Crippen molar-refractivity contribution < 1.29 is 17.3 Å². The lowest BCUT2D eigenvalue weighted by molar-refractivity contribution is 0.445. The van der Waals surface area contributed by atoms with E-state index in [4.69, 9.17) is 8.83 Å². The minimum Gasteiger partial charge on any atom is -0.444 e. The van der Waals surface area contributed by atoms with Gasteiger partial charge in [-0.1, -0.05) is 49.4 Å². The van der Waals surface area contributed by atoms with Gasteiger partial charge in [-0.3, -0.25) is 0 Å². The van der Waals surface area contributed by atoms with Gasteiger partial charge < -0.3 is 8.83 Å². The number of rotatable bonds is 9. The van der Waals surface area contributed by atoms with Gasteiger partial charge in [0.05, 0.1) is 10.6 Å². The normalized spacial score (nSPS) is 11.9. The van der Waals surface area contributed by atoms with Crippen LogP contribution in [0.5, 0.6) is 0 Å². The fraction of sp³-hybridized carbons (Fsp3) is 0.292. The molecule has 0 aliphatic rings. The zero-order chi connectivity index (χ0) is 24.3. The van der Waals surface area contributed by atoms with Gasteiger partial charge in [-0.05, 0) is 43.7 Å². The zero-order valence-electron chi connectivity index (χ0n) is 19.5. The third kappa shape index (κ3) is 5.08. The van der Waals surface area contributed by atoms with Crippen molar-refractivity contribution in [2.75, 3.05) is 13.1 Å². The van der Waals surface area contributed by atoms with Crippen LogP contribution in [0.3, 0.4) is 0 Å². The predicted molar refractivity (Wildman–Crippen MR) is 131 cm³/mol. The van der Waals surface area contributed by atoms with E-state index in [1.165, 1.54) is 21.6 Å². The van der Waals surface area contributed by atoms with E-state index >= 15 is 0 Å². The van der Waals surface area contributed by atoms with E-state index in [0.29, 0.717) is 35.5 Å². The van der Waals surface area contributed by atoms with Gasteiger partial charge in [-0.15, -0.1) is 10.2 Å². The molecule has 0 radical (unpaired) electrons. The summed E-state index contributed by atoms with van der Waals surface area (Å²) in [6.07, 6.45) is 1.63. The molecule has 178 valence electrons. The van der Waals surface area contributed by atoms with Gasteiger partial charge in [0.15, 0.2) is 0 Å². The standard InChI is InChI=1S/C24H26N4O4S2/c1-5-28(6-2)34(29,30)20-9-7-8-18(13-20)22-26-27-24(32-22)33-15-19-14-31-23(25-19)21-11-10-16(3)12-17(21)4/h7-14H,5-6,15H2,1-4H3. The van der Waals surface area contributed by atoms with Crippen LogP contribution < -0.4 is 0 Å². The van der Waals surface area contributed by atoms with Crippen molar-refractivity contribution in [3.8, 4) is 22.9 Å². The molecule has 0 aliphatic heterocycles. The maximum Gasteiger partial charge on any atom is 0.277 e. The lowest BCUT2D eigenvalue weighted by Crippen LogP contribution is -2.30. The Labute approximate surface area is 203 Å². The predicted octanol–water partition coefficient (Wildman–Crippen LogP) is 5.33. The van der Waals surface area contributed by atoms with E-state index in [-0.39, 0.29) is 10.8 Å². The second-order valence-corrected chi connectivity index (χ2v) is 10.6. The van der Waals surface area contributed by atoms with Crippen molar-refractivity contribution in [1.29, 1.82) is 0 Å². The molecule has 34 heavy (non-hydrogen) atoms. The second-order valence-electron chi connectivity index (χ2n) is 7.74. The summed E-state index contributed by atoms with van der Waals surface area (Å²) in [5.41, 5.74) is 4.56. The highest BCUT2D eigenvalue weighted by atomic mass is 32.2. The van der Waals surface area contributed by atoms with E-state index in [2.05, 4.69) is 21.2 Å². The molecule has 0 unspecified atom stereocenters. The Balaban J connectivity index is 1.46. The molecule has 2 heterocycles. The molecule has 0 N–H and O–H groups in total. The molecule has 0 bridgehead atoms. The molecular weight excluding hydrogens is 472 g/mol. The summed E-state index contributed by atoms with van der Waals surface area (Å²) in [6.45, 7) is 8.50. The van der Waals surface area contributed by atoms with E-state index in [1.54, 1.807) is 30.5 Å². The third-order valence-electron chi connectivity index (χ3n) is 5.34. The first-order valence-electron chi connectivity index (χ1n) is 10.9. The largest absolute Gasteiger partial charge is 0.444 e. The zero-order valence-corrected chi connectivity index (χ0v) is 21.1. The van der Waals surface area contributed by atoms with Gasteiger partial charge in [0, 0.05) is 30.0 Å².